The zero-order valence-electron chi connectivity index (χ0n) is 8.32. The molecule has 0 atom stereocenters. The van der Waals surface area contributed by atoms with Gasteiger partial charge in [0.2, 0.25) is 5.16 Å². The molecule has 0 unspecified atom stereocenters. The van der Waals surface area contributed by atoms with E-state index in [4.69, 9.17) is 16.7 Å². The van der Waals surface area contributed by atoms with E-state index in [2.05, 4.69) is 20.5 Å². The van der Waals surface area contributed by atoms with Crippen LogP contribution in [0.1, 0.15) is 0 Å². The summed E-state index contributed by atoms with van der Waals surface area (Å²) in [5, 5.41) is 20.2. The molecule has 0 amide bonds. The molecule has 0 aliphatic rings. The number of carboxylic acid groups (broad SMARTS) is 1. The number of nitrogens with zero attached hydrogens (tertiary/aromatic N) is 5. The molecule has 9 heteroatoms. The lowest BCUT2D eigenvalue weighted by Crippen LogP contribution is -2.11. The van der Waals surface area contributed by atoms with Crippen LogP contribution in [0, 0.1) is 0 Å². The molecular weight excluding hydrogens is 266 g/mol. The third-order valence-electron chi connectivity index (χ3n) is 1.72. The van der Waals surface area contributed by atoms with Crippen molar-refractivity contribution in [2.24, 2.45) is 0 Å². The minimum atomic E-state index is -1.01. The number of tetrazole rings is 1. The monoisotopic (exact) mass is 271 g/mol. The zero-order chi connectivity index (χ0) is 12.3. The molecule has 2 aromatic heterocycles. The number of hydrogen-bond donors (Lipinski definition) is 1. The van der Waals surface area contributed by atoms with Gasteiger partial charge in [0.1, 0.15) is 6.54 Å². The van der Waals surface area contributed by atoms with Crippen LogP contribution in [-0.2, 0) is 11.3 Å². The highest BCUT2D eigenvalue weighted by molar-refractivity contribution is 7.99. The van der Waals surface area contributed by atoms with Crippen LogP contribution in [-0.4, -0.2) is 36.3 Å². The van der Waals surface area contributed by atoms with Gasteiger partial charge in [-0.3, -0.25) is 9.78 Å². The fourth-order valence-electron chi connectivity index (χ4n) is 1.04. The standard InChI is InChI=1S/C8H6ClN5O2S/c9-5-3-10-2-1-6(5)17-8-11-12-13-14(8)4-7(15)16/h1-3H,4H2,(H,15,16). The highest BCUT2D eigenvalue weighted by Crippen LogP contribution is 2.30. The Bertz CT molecular complexity index is 546. The van der Waals surface area contributed by atoms with Gasteiger partial charge in [-0.15, -0.1) is 5.10 Å². The summed E-state index contributed by atoms with van der Waals surface area (Å²) in [7, 11) is 0. The molecule has 0 saturated heterocycles. The van der Waals surface area contributed by atoms with Crippen LogP contribution in [0.3, 0.4) is 0 Å². The van der Waals surface area contributed by atoms with Crippen molar-refractivity contribution in [3.05, 3.63) is 23.5 Å². The first kappa shape index (κ1) is 11.8. The van der Waals surface area contributed by atoms with Crippen LogP contribution >= 0.6 is 23.4 Å². The number of pyridine rings is 1. The highest BCUT2D eigenvalue weighted by Gasteiger charge is 2.12. The van der Waals surface area contributed by atoms with E-state index in [0.29, 0.717) is 15.1 Å². The molecular formula is C8H6ClN5O2S. The van der Waals surface area contributed by atoms with Gasteiger partial charge in [0.25, 0.3) is 0 Å². The van der Waals surface area contributed by atoms with Gasteiger partial charge in [-0.25, -0.2) is 4.68 Å². The maximum Gasteiger partial charge on any atom is 0.325 e. The molecule has 0 spiro atoms. The molecule has 88 valence electrons. The van der Waals surface area contributed by atoms with Crippen LogP contribution in [0.25, 0.3) is 0 Å². The summed E-state index contributed by atoms with van der Waals surface area (Å²) in [6.45, 7) is -0.294. The molecule has 0 aliphatic heterocycles. The van der Waals surface area contributed by atoms with Gasteiger partial charge in [0.05, 0.1) is 5.02 Å². The van der Waals surface area contributed by atoms with Gasteiger partial charge in [-0.05, 0) is 28.3 Å². The summed E-state index contributed by atoms with van der Waals surface area (Å²) in [6.07, 6.45) is 3.08. The molecule has 0 radical (unpaired) electrons. The molecule has 2 heterocycles. The second-order valence-electron chi connectivity index (χ2n) is 2.92. The average molecular weight is 272 g/mol. The van der Waals surface area contributed by atoms with Crippen LogP contribution in [0.4, 0.5) is 0 Å². The van der Waals surface area contributed by atoms with Gasteiger partial charge in [0, 0.05) is 17.3 Å². The molecule has 0 aromatic carbocycles. The van der Waals surface area contributed by atoms with E-state index in [1.54, 1.807) is 12.3 Å². The Morgan fingerprint density at radius 1 is 1.59 bits per heavy atom. The van der Waals surface area contributed by atoms with Gasteiger partial charge in [0.15, 0.2) is 0 Å². The van der Waals surface area contributed by atoms with Crippen LogP contribution in [0.15, 0.2) is 28.5 Å². The predicted molar refractivity (Wildman–Crippen MR) is 58.8 cm³/mol. The minimum Gasteiger partial charge on any atom is -0.480 e. The van der Waals surface area contributed by atoms with Crippen molar-refractivity contribution in [1.29, 1.82) is 0 Å². The molecule has 0 saturated carbocycles. The second-order valence-corrected chi connectivity index (χ2v) is 4.34. The molecule has 0 aliphatic carbocycles. The van der Waals surface area contributed by atoms with Crippen molar-refractivity contribution in [2.45, 2.75) is 16.6 Å². The number of aliphatic carboxylic acids is 1. The summed E-state index contributed by atoms with van der Waals surface area (Å²) >= 11 is 7.10. The van der Waals surface area contributed by atoms with E-state index < -0.39 is 5.97 Å². The quantitative estimate of drug-likeness (QED) is 0.885. The van der Waals surface area contributed by atoms with Crippen molar-refractivity contribution >= 4 is 29.3 Å². The lowest BCUT2D eigenvalue weighted by molar-refractivity contribution is -0.138. The summed E-state index contributed by atoms with van der Waals surface area (Å²) in [6, 6.07) is 1.70. The first-order valence-corrected chi connectivity index (χ1v) is 5.61. The normalized spacial score (nSPS) is 10.4. The van der Waals surface area contributed by atoms with Crippen molar-refractivity contribution < 1.29 is 9.90 Å². The average Bonchev–Trinajstić information content (AvgIpc) is 2.68. The second kappa shape index (κ2) is 5.11. The molecule has 17 heavy (non-hydrogen) atoms. The maximum absolute atomic E-state index is 10.6. The van der Waals surface area contributed by atoms with Crippen LogP contribution in [0.2, 0.25) is 5.02 Å². The summed E-state index contributed by atoms with van der Waals surface area (Å²) in [5.74, 6) is -1.01. The smallest absolute Gasteiger partial charge is 0.325 e. The number of carboxylic acids is 1. The SMILES string of the molecule is O=C(O)Cn1nnnc1Sc1ccncc1Cl. The van der Waals surface area contributed by atoms with E-state index in [1.165, 1.54) is 22.6 Å². The number of hydrogen-bond acceptors (Lipinski definition) is 6. The van der Waals surface area contributed by atoms with Crippen molar-refractivity contribution in [3.63, 3.8) is 0 Å². The third-order valence-corrected chi connectivity index (χ3v) is 3.18. The van der Waals surface area contributed by atoms with Crippen LogP contribution < -0.4 is 0 Å². The van der Waals surface area contributed by atoms with Crippen molar-refractivity contribution in [1.82, 2.24) is 25.2 Å². The van der Waals surface area contributed by atoms with Gasteiger partial charge >= 0.3 is 5.97 Å². The van der Waals surface area contributed by atoms with E-state index in [-0.39, 0.29) is 6.54 Å². The Hall–Kier alpha value is -1.67. The predicted octanol–water partition coefficient (Wildman–Crippen LogP) is 0.957. The molecule has 0 fully saturated rings. The molecule has 2 aromatic rings. The van der Waals surface area contributed by atoms with E-state index in [9.17, 15) is 4.79 Å². The lowest BCUT2D eigenvalue weighted by Gasteiger charge is -2.02. The number of halogens is 1. The highest BCUT2D eigenvalue weighted by atomic mass is 35.5. The Balaban J connectivity index is 2.22. The number of carbonyl (C=O) groups is 1. The fourth-order valence-corrected chi connectivity index (χ4v) is 2.04. The van der Waals surface area contributed by atoms with Gasteiger partial charge in [-0.2, -0.15) is 0 Å². The minimum absolute atomic E-state index is 0.294. The lowest BCUT2D eigenvalue weighted by atomic mass is 10.5. The third kappa shape index (κ3) is 2.92. The zero-order valence-corrected chi connectivity index (χ0v) is 9.89. The first-order chi connectivity index (χ1) is 8.16. The number of rotatable bonds is 4. The summed E-state index contributed by atoms with van der Waals surface area (Å²) in [5.41, 5.74) is 0. The Morgan fingerprint density at radius 3 is 3.12 bits per heavy atom. The molecule has 1 N–H and O–H groups in total. The molecule has 0 bridgehead atoms. The number of aromatic nitrogens is 5. The van der Waals surface area contributed by atoms with E-state index >= 15 is 0 Å². The van der Waals surface area contributed by atoms with Crippen molar-refractivity contribution in [2.75, 3.05) is 0 Å². The fraction of sp³-hybridized carbons (Fsp3) is 0.125. The molecule has 2 rings (SSSR count). The van der Waals surface area contributed by atoms with Crippen LogP contribution in [0.5, 0.6) is 0 Å². The summed E-state index contributed by atoms with van der Waals surface area (Å²) in [4.78, 5) is 15.1. The Labute approximate surface area is 105 Å². The first-order valence-electron chi connectivity index (χ1n) is 4.42. The largest absolute Gasteiger partial charge is 0.480 e. The Kier molecular flexibility index (Phi) is 3.55. The molecule has 7 nitrogen and oxygen atoms in total. The van der Waals surface area contributed by atoms with Gasteiger partial charge in [-0.1, -0.05) is 11.6 Å². The van der Waals surface area contributed by atoms with E-state index in [1.807, 2.05) is 0 Å². The summed E-state index contributed by atoms with van der Waals surface area (Å²) < 4.78 is 1.18. The Morgan fingerprint density at radius 2 is 2.41 bits per heavy atom. The van der Waals surface area contributed by atoms with E-state index in [0.717, 1.165) is 0 Å². The topological polar surface area (TPSA) is 93.8 Å². The van der Waals surface area contributed by atoms with Gasteiger partial charge < -0.3 is 5.11 Å². The maximum atomic E-state index is 10.6. The van der Waals surface area contributed by atoms with Crippen molar-refractivity contribution in [3.8, 4) is 0 Å².